The third-order valence-electron chi connectivity index (χ3n) is 5.04. The second-order valence-electron chi connectivity index (χ2n) is 6.37. The van der Waals surface area contributed by atoms with Crippen LogP contribution >= 0.6 is 0 Å². The maximum atomic E-state index is 11.5. The van der Waals surface area contributed by atoms with Crippen LogP contribution in [-0.4, -0.2) is 32.1 Å². The number of allylic oxidation sites excluding steroid dienone is 1. The second-order valence-corrected chi connectivity index (χ2v) is 6.37. The molecule has 0 aromatic carbocycles. The molecule has 1 saturated carbocycles. The Hall–Kier alpha value is -0.870. The van der Waals surface area contributed by atoms with Crippen molar-refractivity contribution >= 4 is 5.97 Å². The van der Waals surface area contributed by atoms with Crippen LogP contribution in [0.1, 0.15) is 46.0 Å². The molecule has 0 N–H and O–H groups in total. The maximum absolute atomic E-state index is 11.5. The predicted octanol–water partition coefficient (Wildman–Crippen LogP) is 3.07. The number of hydrogen-bond donors (Lipinski definition) is 0. The summed E-state index contributed by atoms with van der Waals surface area (Å²) in [5, 5.41) is 0. The Balaban J connectivity index is 2.14. The summed E-state index contributed by atoms with van der Waals surface area (Å²) in [6.45, 7) is 9.60. The van der Waals surface area contributed by atoms with Crippen molar-refractivity contribution < 1.29 is 19.0 Å². The highest BCUT2D eigenvalue weighted by atomic mass is 16.7. The third kappa shape index (κ3) is 2.77. The Morgan fingerprint density at radius 3 is 2.60 bits per heavy atom. The fourth-order valence-electron chi connectivity index (χ4n) is 3.49. The monoisotopic (exact) mass is 282 g/mol. The van der Waals surface area contributed by atoms with Crippen molar-refractivity contribution in [3.8, 4) is 0 Å². The standard InChI is InChI=1S/C16H26O4/c1-12(2)13-5-7-15(3,8-6-14(17)18-4)16(11-13)19-9-10-20-16/h13H,1,5-11H2,2-4H3/t13-,15-/m0/s1. The van der Waals surface area contributed by atoms with Gasteiger partial charge in [0.1, 0.15) is 0 Å². The van der Waals surface area contributed by atoms with E-state index in [0.717, 1.165) is 25.7 Å². The normalized spacial score (nSPS) is 32.2. The largest absolute Gasteiger partial charge is 0.469 e. The van der Waals surface area contributed by atoms with E-state index in [9.17, 15) is 4.79 Å². The summed E-state index contributed by atoms with van der Waals surface area (Å²) in [5.41, 5.74) is 1.06. The molecule has 2 rings (SSSR count). The molecule has 1 aliphatic heterocycles. The van der Waals surface area contributed by atoms with Crippen molar-refractivity contribution in [3.63, 3.8) is 0 Å². The minimum atomic E-state index is -0.553. The van der Waals surface area contributed by atoms with Gasteiger partial charge in [0.25, 0.3) is 0 Å². The van der Waals surface area contributed by atoms with Gasteiger partial charge in [-0.1, -0.05) is 19.1 Å². The molecular weight excluding hydrogens is 256 g/mol. The smallest absolute Gasteiger partial charge is 0.305 e. The van der Waals surface area contributed by atoms with Gasteiger partial charge >= 0.3 is 5.97 Å². The number of ether oxygens (including phenoxy) is 3. The van der Waals surface area contributed by atoms with E-state index in [1.54, 1.807) is 0 Å². The Morgan fingerprint density at radius 1 is 1.40 bits per heavy atom. The number of carbonyl (C=O) groups is 1. The van der Waals surface area contributed by atoms with Gasteiger partial charge in [-0.15, -0.1) is 0 Å². The van der Waals surface area contributed by atoms with E-state index < -0.39 is 5.79 Å². The van der Waals surface area contributed by atoms with Crippen molar-refractivity contribution in [2.75, 3.05) is 20.3 Å². The molecule has 114 valence electrons. The Bertz CT molecular complexity index is 384. The van der Waals surface area contributed by atoms with Crippen molar-refractivity contribution in [2.24, 2.45) is 11.3 Å². The Morgan fingerprint density at radius 2 is 2.05 bits per heavy atom. The van der Waals surface area contributed by atoms with Gasteiger partial charge in [0.15, 0.2) is 5.79 Å². The second kappa shape index (κ2) is 5.86. The van der Waals surface area contributed by atoms with Gasteiger partial charge in [-0.3, -0.25) is 4.79 Å². The molecule has 0 bridgehead atoms. The fourth-order valence-corrected chi connectivity index (χ4v) is 3.49. The Labute approximate surface area is 121 Å². The summed E-state index contributed by atoms with van der Waals surface area (Å²) in [5.74, 6) is -0.274. The molecule has 0 amide bonds. The van der Waals surface area contributed by atoms with E-state index in [4.69, 9.17) is 14.2 Å². The summed E-state index contributed by atoms with van der Waals surface area (Å²) < 4.78 is 16.8. The number of rotatable bonds is 4. The minimum absolute atomic E-state index is 0.135. The highest BCUT2D eigenvalue weighted by Crippen LogP contribution is 2.54. The topological polar surface area (TPSA) is 44.8 Å². The van der Waals surface area contributed by atoms with Gasteiger partial charge in [0, 0.05) is 18.3 Å². The first-order valence-electron chi connectivity index (χ1n) is 7.43. The molecule has 0 aromatic rings. The summed E-state index contributed by atoms with van der Waals surface area (Å²) in [7, 11) is 1.43. The fraction of sp³-hybridized carbons (Fsp3) is 0.812. The average Bonchev–Trinajstić information content (AvgIpc) is 2.89. The van der Waals surface area contributed by atoms with Crippen LogP contribution in [0.15, 0.2) is 12.2 Å². The summed E-state index contributed by atoms with van der Waals surface area (Å²) in [6, 6.07) is 0. The van der Waals surface area contributed by atoms with Crippen LogP contribution in [0.3, 0.4) is 0 Å². The maximum Gasteiger partial charge on any atom is 0.305 e. The molecule has 1 heterocycles. The molecule has 0 aromatic heterocycles. The molecule has 20 heavy (non-hydrogen) atoms. The van der Waals surface area contributed by atoms with E-state index in [2.05, 4.69) is 20.4 Å². The van der Waals surface area contributed by atoms with E-state index in [0.29, 0.717) is 25.6 Å². The van der Waals surface area contributed by atoms with Gasteiger partial charge in [0.05, 0.1) is 20.3 Å². The van der Waals surface area contributed by atoms with Crippen molar-refractivity contribution in [3.05, 3.63) is 12.2 Å². The highest BCUT2D eigenvalue weighted by Gasteiger charge is 2.56. The van der Waals surface area contributed by atoms with E-state index in [-0.39, 0.29) is 11.4 Å². The molecule has 4 nitrogen and oxygen atoms in total. The lowest BCUT2D eigenvalue weighted by molar-refractivity contribution is -0.259. The summed E-state index contributed by atoms with van der Waals surface area (Å²) >= 11 is 0. The van der Waals surface area contributed by atoms with Crippen LogP contribution in [0.5, 0.6) is 0 Å². The quantitative estimate of drug-likeness (QED) is 0.587. The summed E-state index contributed by atoms with van der Waals surface area (Å²) in [4.78, 5) is 11.5. The molecule has 1 spiro atoms. The zero-order chi connectivity index (χ0) is 14.8. The van der Waals surface area contributed by atoms with Crippen LogP contribution in [0.25, 0.3) is 0 Å². The van der Waals surface area contributed by atoms with Gasteiger partial charge in [0.2, 0.25) is 0 Å². The van der Waals surface area contributed by atoms with Crippen LogP contribution in [-0.2, 0) is 19.0 Å². The molecule has 0 radical (unpaired) electrons. The molecule has 2 fully saturated rings. The van der Waals surface area contributed by atoms with Crippen LogP contribution in [0.2, 0.25) is 0 Å². The zero-order valence-electron chi connectivity index (χ0n) is 12.9. The first kappa shape index (κ1) is 15.5. The predicted molar refractivity (Wildman–Crippen MR) is 76.1 cm³/mol. The van der Waals surface area contributed by atoms with E-state index in [1.165, 1.54) is 12.7 Å². The summed E-state index contributed by atoms with van der Waals surface area (Å²) in [6.07, 6.45) is 4.07. The molecule has 2 atom stereocenters. The van der Waals surface area contributed by atoms with E-state index >= 15 is 0 Å². The number of carbonyl (C=O) groups excluding carboxylic acids is 1. The highest BCUT2D eigenvalue weighted by molar-refractivity contribution is 5.69. The SMILES string of the molecule is C=C(C)[C@H]1CC[C@@](C)(CCC(=O)OC)C2(C1)OCCO2. The van der Waals surface area contributed by atoms with Gasteiger partial charge in [-0.2, -0.15) is 0 Å². The molecule has 0 unspecified atom stereocenters. The van der Waals surface area contributed by atoms with Crippen LogP contribution in [0.4, 0.5) is 0 Å². The zero-order valence-corrected chi connectivity index (χ0v) is 12.9. The van der Waals surface area contributed by atoms with Gasteiger partial charge in [-0.05, 0) is 32.1 Å². The molecule has 1 saturated heterocycles. The molecule has 2 aliphatic rings. The number of methoxy groups -OCH3 is 1. The lowest BCUT2D eigenvalue weighted by Crippen LogP contribution is -2.52. The van der Waals surface area contributed by atoms with Crippen LogP contribution < -0.4 is 0 Å². The van der Waals surface area contributed by atoms with E-state index in [1.807, 2.05) is 0 Å². The first-order valence-corrected chi connectivity index (χ1v) is 7.43. The van der Waals surface area contributed by atoms with Crippen molar-refractivity contribution in [2.45, 2.75) is 51.7 Å². The number of hydrogen-bond acceptors (Lipinski definition) is 4. The minimum Gasteiger partial charge on any atom is -0.469 e. The first-order chi connectivity index (χ1) is 9.42. The third-order valence-corrected chi connectivity index (χ3v) is 5.04. The Kier molecular flexibility index (Phi) is 4.55. The van der Waals surface area contributed by atoms with Gasteiger partial charge < -0.3 is 14.2 Å². The average molecular weight is 282 g/mol. The number of esters is 1. The molecule has 1 aliphatic carbocycles. The van der Waals surface area contributed by atoms with Crippen LogP contribution in [0, 0.1) is 11.3 Å². The lowest BCUT2D eigenvalue weighted by Gasteiger charge is -2.50. The van der Waals surface area contributed by atoms with Gasteiger partial charge in [-0.25, -0.2) is 0 Å². The van der Waals surface area contributed by atoms with Crippen molar-refractivity contribution in [1.29, 1.82) is 0 Å². The van der Waals surface area contributed by atoms with Crippen molar-refractivity contribution in [1.82, 2.24) is 0 Å². The lowest BCUT2D eigenvalue weighted by atomic mass is 9.63. The molecular formula is C16H26O4. The molecule has 4 heteroatoms.